The second-order valence-corrected chi connectivity index (χ2v) is 3.79. The molecule has 76 valence electrons. The highest BCUT2D eigenvalue weighted by Gasteiger charge is 2.11. The van der Waals surface area contributed by atoms with Crippen LogP contribution >= 0.6 is 23.2 Å². The van der Waals surface area contributed by atoms with Crippen LogP contribution in [0.4, 0.5) is 0 Å². The van der Waals surface area contributed by atoms with E-state index in [1.54, 1.807) is 6.07 Å². The molecule has 2 nitrogen and oxygen atoms in total. The van der Waals surface area contributed by atoms with Crippen LogP contribution in [0, 0.1) is 6.92 Å². The Labute approximate surface area is 92.8 Å². The van der Waals surface area contributed by atoms with E-state index in [0.29, 0.717) is 16.3 Å². The third-order valence-corrected chi connectivity index (χ3v) is 2.31. The molecule has 1 aromatic rings. The first kappa shape index (κ1) is 11.3. The Morgan fingerprint density at radius 2 is 2.14 bits per heavy atom. The van der Waals surface area contributed by atoms with Gasteiger partial charge in [0, 0.05) is 10.6 Å². The zero-order valence-corrected chi connectivity index (χ0v) is 9.45. The second kappa shape index (κ2) is 4.67. The van der Waals surface area contributed by atoms with Gasteiger partial charge >= 0.3 is 0 Å². The summed E-state index contributed by atoms with van der Waals surface area (Å²) in [6.07, 6.45) is 0.0871. The molecule has 0 N–H and O–H groups in total. The van der Waals surface area contributed by atoms with Gasteiger partial charge in [0.1, 0.15) is 5.75 Å². The summed E-state index contributed by atoms with van der Waals surface area (Å²) in [5.74, 6) is 0.601. The number of carbonyl (C=O) groups is 1. The third-order valence-electron chi connectivity index (χ3n) is 1.83. The Kier molecular flexibility index (Phi) is 3.78. The van der Waals surface area contributed by atoms with Crippen molar-refractivity contribution in [3.63, 3.8) is 0 Å². The van der Waals surface area contributed by atoms with Gasteiger partial charge in [-0.15, -0.1) is 0 Å². The molecule has 0 aliphatic heterocycles. The zero-order valence-electron chi connectivity index (χ0n) is 7.93. The normalized spacial score (nSPS) is 10.0. The van der Waals surface area contributed by atoms with Crippen molar-refractivity contribution in [1.82, 2.24) is 0 Å². The molecule has 0 heterocycles. The molecular weight excluding hydrogens is 223 g/mol. The van der Waals surface area contributed by atoms with Crippen LogP contribution in [0.1, 0.15) is 11.1 Å². The quantitative estimate of drug-likeness (QED) is 0.750. The number of rotatable bonds is 3. The predicted octanol–water partition coefficient (Wildman–Crippen LogP) is 2.96. The fourth-order valence-electron chi connectivity index (χ4n) is 1.23. The number of halogens is 2. The molecule has 0 aromatic heterocycles. The molecule has 0 radical (unpaired) electrons. The molecule has 0 amide bonds. The first-order valence-corrected chi connectivity index (χ1v) is 4.81. The minimum Gasteiger partial charge on any atom is -0.496 e. The molecule has 0 saturated heterocycles. The van der Waals surface area contributed by atoms with Gasteiger partial charge in [-0.05, 0) is 36.2 Å². The Balaban J connectivity index is 3.18. The first-order valence-electron chi connectivity index (χ1n) is 4.06. The van der Waals surface area contributed by atoms with Crippen molar-refractivity contribution in [1.29, 1.82) is 0 Å². The van der Waals surface area contributed by atoms with Crippen LogP contribution in [0.25, 0.3) is 0 Å². The van der Waals surface area contributed by atoms with Gasteiger partial charge in [-0.25, -0.2) is 0 Å². The molecule has 0 aliphatic carbocycles. The van der Waals surface area contributed by atoms with Crippen molar-refractivity contribution in [2.75, 3.05) is 7.11 Å². The van der Waals surface area contributed by atoms with E-state index in [0.717, 1.165) is 5.56 Å². The Morgan fingerprint density at radius 3 is 2.64 bits per heavy atom. The highest BCUT2D eigenvalue weighted by atomic mass is 35.5. The van der Waals surface area contributed by atoms with E-state index in [1.807, 2.05) is 13.0 Å². The van der Waals surface area contributed by atoms with Crippen molar-refractivity contribution in [2.45, 2.75) is 13.3 Å². The first-order chi connectivity index (χ1) is 6.54. The van der Waals surface area contributed by atoms with Crippen molar-refractivity contribution >= 4 is 28.4 Å². The number of carbonyl (C=O) groups excluding carboxylic acids is 1. The fraction of sp³-hybridized carbons (Fsp3) is 0.300. The number of hydrogen-bond donors (Lipinski definition) is 0. The lowest BCUT2D eigenvalue weighted by molar-refractivity contribution is -0.111. The maximum Gasteiger partial charge on any atom is 0.226 e. The predicted molar refractivity (Wildman–Crippen MR) is 57.3 cm³/mol. The largest absolute Gasteiger partial charge is 0.496 e. The lowest BCUT2D eigenvalue weighted by atomic mass is 10.1. The maximum atomic E-state index is 10.8. The molecule has 0 bridgehead atoms. The van der Waals surface area contributed by atoms with E-state index in [4.69, 9.17) is 27.9 Å². The Morgan fingerprint density at radius 1 is 1.50 bits per heavy atom. The average molecular weight is 233 g/mol. The van der Waals surface area contributed by atoms with Crippen molar-refractivity contribution in [2.24, 2.45) is 0 Å². The standard InChI is InChI=1S/C10H10Cl2O2/c1-6-3-8(11)7(5-10(12)13)9(4-6)14-2/h3-4H,5H2,1-2H3. The lowest BCUT2D eigenvalue weighted by Crippen LogP contribution is -1.99. The minimum atomic E-state index is -0.450. The zero-order chi connectivity index (χ0) is 10.7. The van der Waals surface area contributed by atoms with Crippen LogP contribution < -0.4 is 4.74 Å². The van der Waals surface area contributed by atoms with Crippen LogP contribution in [-0.2, 0) is 11.2 Å². The van der Waals surface area contributed by atoms with Gasteiger partial charge in [-0.1, -0.05) is 11.6 Å². The van der Waals surface area contributed by atoms with Crippen LogP contribution in [0.15, 0.2) is 12.1 Å². The highest BCUT2D eigenvalue weighted by Crippen LogP contribution is 2.29. The van der Waals surface area contributed by atoms with Crippen molar-refractivity contribution < 1.29 is 9.53 Å². The molecule has 1 rings (SSSR count). The van der Waals surface area contributed by atoms with Gasteiger partial charge in [0.2, 0.25) is 5.24 Å². The number of methoxy groups -OCH3 is 1. The van der Waals surface area contributed by atoms with Gasteiger partial charge in [0.05, 0.1) is 13.5 Å². The van der Waals surface area contributed by atoms with Gasteiger partial charge in [-0.3, -0.25) is 4.79 Å². The summed E-state index contributed by atoms with van der Waals surface area (Å²) in [6, 6.07) is 3.60. The number of aryl methyl sites for hydroxylation is 1. The Hall–Kier alpha value is -0.730. The SMILES string of the molecule is COc1cc(C)cc(Cl)c1CC(=O)Cl. The highest BCUT2D eigenvalue weighted by molar-refractivity contribution is 6.63. The summed E-state index contributed by atoms with van der Waals surface area (Å²) in [4.78, 5) is 10.8. The molecule has 0 unspecified atom stereocenters. The third kappa shape index (κ3) is 2.63. The molecular formula is C10H10Cl2O2. The van der Waals surface area contributed by atoms with Crippen LogP contribution in [0.5, 0.6) is 5.75 Å². The van der Waals surface area contributed by atoms with E-state index >= 15 is 0 Å². The van der Waals surface area contributed by atoms with E-state index in [2.05, 4.69) is 0 Å². The summed E-state index contributed by atoms with van der Waals surface area (Å²) in [5, 5.41) is 0.0601. The van der Waals surface area contributed by atoms with Gasteiger partial charge in [0.15, 0.2) is 0 Å². The van der Waals surface area contributed by atoms with E-state index in [1.165, 1.54) is 7.11 Å². The van der Waals surface area contributed by atoms with Crippen molar-refractivity contribution in [3.05, 3.63) is 28.3 Å². The minimum absolute atomic E-state index is 0.0871. The number of ether oxygens (including phenoxy) is 1. The summed E-state index contributed by atoms with van der Waals surface area (Å²) in [7, 11) is 1.54. The summed E-state index contributed by atoms with van der Waals surface area (Å²) < 4.78 is 5.11. The average Bonchev–Trinajstić information content (AvgIpc) is 2.08. The molecule has 0 fully saturated rings. The van der Waals surface area contributed by atoms with Gasteiger partial charge < -0.3 is 4.74 Å². The van der Waals surface area contributed by atoms with E-state index < -0.39 is 5.24 Å². The molecule has 14 heavy (non-hydrogen) atoms. The van der Waals surface area contributed by atoms with E-state index in [9.17, 15) is 4.79 Å². The summed E-state index contributed by atoms with van der Waals surface area (Å²) in [5.41, 5.74) is 1.62. The maximum absolute atomic E-state index is 10.8. The molecule has 0 saturated carbocycles. The van der Waals surface area contributed by atoms with Crippen LogP contribution in [-0.4, -0.2) is 12.4 Å². The number of benzene rings is 1. The molecule has 4 heteroatoms. The number of hydrogen-bond acceptors (Lipinski definition) is 2. The smallest absolute Gasteiger partial charge is 0.226 e. The summed E-state index contributed by atoms with van der Waals surface area (Å²) >= 11 is 11.3. The lowest BCUT2D eigenvalue weighted by Gasteiger charge is -2.09. The van der Waals surface area contributed by atoms with Crippen molar-refractivity contribution in [3.8, 4) is 5.75 Å². The van der Waals surface area contributed by atoms with Gasteiger partial charge in [-0.2, -0.15) is 0 Å². The molecule has 0 spiro atoms. The topological polar surface area (TPSA) is 26.3 Å². The second-order valence-electron chi connectivity index (χ2n) is 2.96. The Bertz CT molecular complexity index is 361. The summed E-state index contributed by atoms with van der Waals surface area (Å²) in [6.45, 7) is 1.90. The molecule has 0 atom stereocenters. The molecule has 1 aromatic carbocycles. The fourth-order valence-corrected chi connectivity index (χ4v) is 1.70. The molecule has 0 aliphatic rings. The van der Waals surface area contributed by atoms with Crippen LogP contribution in [0.3, 0.4) is 0 Å². The monoisotopic (exact) mass is 232 g/mol. The van der Waals surface area contributed by atoms with E-state index in [-0.39, 0.29) is 6.42 Å². The van der Waals surface area contributed by atoms with Crippen LogP contribution in [0.2, 0.25) is 5.02 Å². The van der Waals surface area contributed by atoms with Gasteiger partial charge in [0.25, 0.3) is 0 Å².